The zero-order valence-corrected chi connectivity index (χ0v) is 19.0. The van der Waals surface area contributed by atoms with Crippen LogP contribution in [0.4, 0.5) is 11.4 Å². The van der Waals surface area contributed by atoms with Gasteiger partial charge in [0.1, 0.15) is 4.90 Å². The number of anilines is 2. The first-order valence-corrected chi connectivity index (χ1v) is 13.0. The van der Waals surface area contributed by atoms with Gasteiger partial charge >= 0.3 is 0 Å². The fourth-order valence-corrected chi connectivity index (χ4v) is 5.02. The number of carbonyl (C=O) groups is 1. The van der Waals surface area contributed by atoms with E-state index in [1.807, 2.05) is 0 Å². The number of amides is 1. The van der Waals surface area contributed by atoms with Crippen LogP contribution in [0.2, 0.25) is 0 Å². The molecule has 0 aliphatic rings. The molecule has 0 heterocycles. The van der Waals surface area contributed by atoms with Gasteiger partial charge in [-0.1, -0.05) is 6.07 Å². The van der Waals surface area contributed by atoms with Crippen molar-refractivity contribution in [3.63, 3.8) is 0 Å². The van der Waals surface area contributed by atoms with Crippen molar-refractivity contribution in [3.05, 3.63) is 53.6 Å². The van der Waals surface area contributed by atoms with Crippen LogP contribution in [-0.2, 0) is 30.4 Å². The van der Waals surface area contributed by atoms with Crippen molar-refractivity contribution in [1.29, 1.82) is 0 Å². The van der Waals surface area contributed by atoms with Gasteiger partial charge in [-0.2, -0.15) is 25.3 Å². The summed E-state index contributed by atoms with van der Waals surface area (Å²) in [5, 5.41) is 1.36. The first kappa shape index (κ1) is 24.6. The monoisotopic (exact) mass is 516 g/mol. The lowest BCUT2D eigenvalue weighted by Gasteiger charge is -2.15. The lowest BCUT2D eigenvalue weighted by molar-refractivity contribution is 0.102. The fraction of sp³-hybridized carbons (Fsp3) is 0.0556. The van der Waals surface area contributed by atoms with Gasteiger partial charge in [0.15, 0.2) is 0 Å². The smallest absolute Gasteiger partial charge is 0.295 e. The van der Waals surface area contributed by atoms with Gasteiger partial charge in [-0.15, -0.1) is 0 Å². The molecule has 15 heteroatoms. The highest BCUT2D eigenvalue weighted by Crippen LogP contribution is 2.35. The fourth-order valence-electron chi connectivity index (χ4n) is 3.10. The van der Waals surface area contributed by atoms with E-state index in [0.717, 1.165) is 6.07 Å². The molecule has 0 radical (unpaired) electrons. The number of nitrogens with two attached hydrogens (primary N) is 1. The van der Waals surface area contributed by atoms with Crippen LogP contribution in [0.5, 0.6) is 0 Å². The summed E-state index contributed by atoms with van der Waals surface area (Å²) in [7, 11) is -15.1. The molecule has 176 valence electrons. The Hall–Kier alpha value is -3.08. The second-order valence-electron chi connectivity index (χ2n) is 6.94. The molecule has 0 fully saturated rings. The molecule has 0 aliphatic heterocycles. The Morgan fingerprint density at radius 3 is 1.88 bits per heavy atom. The predicted molar refractivity (Wildman–Crippen MR) is 117 cm³/mol. The third kappa shape index (κ3) is 5.13. The van der Waals surface area contributed by atoms with Gasteiger partial charge in [0.2, 0.25) is 0 Å². The van der Waals surface area contributed by atoms with E-state index in [1.54, 1.807) is 6.92 Å². The summed E-state index contributed by atoms with van der Waals surface area (Å²) in [6.07, 6.45) is 0. The minimum Gasteiger partial charge on any atom is -0.399 e. The van der Waals surface area contributed by atoms with Crippen LogP contribution in [0.15, 0.2) is 57.2 Å². The zero-order chi connectivity index (χ0) is 24.9. The lowest BCUT2D eigenvalue weighted by atomic mass is 10.1. The van der Waals surface area contributed by atoms with Crippen molar-refractivity contribution in [3.8, 4) is 0 Å². The van der Waals surface area contributed by atoms with E-state index in [2.05, 4.69) is 5.32 Å². The molecule has 0 bridgehead atoms. The lowest BCUT2D eigenvalue weighted by Crippen LogP contribution is -2.15. The Morgan fingerprint density at radius 1 is 0.818 bits per heavy atom. The molecular weight excluding hydrogens is 500 g/mol. The molecule has 33 heavy (non-hydrogen) atoms. The number of rotatable bonds is 5. The van der Waals surface area contributed by atoms with Gasteiger partial charge in [-0.25, -0.2) is 0 Å². The second kappa shape index (κ2) is 8.05. The maximum absolute atomic E-state index is 12.9. The largest absolute Gasteiger partial charge is 0.399 e. The van der Waals surface area contributed by atoms with E-state index in [1.165, 1.54) is 18.2 Å². The van der Waals surface area contributed by atoms with Gasteiger partial charge in [0.05, 0.1) is 15.5 Å². The number of carbonyl (C=O) groups excluding carboxylic acids is 1. The molecule has 1 amide bonds. The average Bonchev–Trinajstić information content (AvgIpc) is 2.66. The van der Waals surface area contributed by atoms with E-state index >= 15 is 0 Å². The first-order valence-electron chi connectivity index (χ1n) is 8.70. The summed E-state index contributed by atoms with van der Waals surface area (Å²) in [5.41, 5.74) is 5.91. The second-order valence-corrected chi connectivity index (χ2v) is 11.2. The molecular formula is C18H16N2O10S3. The van der Waals surface area contributed by atoms with Crippen molar-refractivity contribution in [2.24, 2.45) is 0 Å². The highest BCUT2D eigenvalue weighted by Gasteiger charge is 2.25. The standard InChI is InChI=1S/C18H16N2O10S3/c1-9-2-3-11(19)6-14(9)18(21)20-15-7-12(31(22,23)24)4-10-5-13(32(25,26)27)8-16(17(10)15)33(28,29)30/h2-8H,19H2,1H3,(H,20,21)(H,22,23,24)(H,25,26,27)(H,28,29,30). The summed E-state index contributed by atoms with van der Waals surface area (Å²) < 4.78 is 99.1. The van der Waals surface area contributed by atoms with Crippen molar-refractivity contribution >= 4 is 58.4 Å². The van der Waals surface area contributed by atoms with Gasteiger partial charge in [-0.3, -0.25) is 18.5 Å². The van der Waals surface area contributed by atoms with Gasteiger partial charge in [0.25, 0.3) is 36.3 Å². The number of fused-ring (bicyclic) bond motifs is 1. The van der Waals surface area contributed by atoms with Crippen LogP contribution in [0.1, 0.15) is 15.9 Å². The predicted octanol–water partition coefficient (Wildman–Crippen LogP) is 1.72. The number of hydrogen-bond donors (Lipinski definition) is 5. The molecule has 12 nitrogen and oxygen atoms in total. The van der Waals surface area contributed by atoms with E-state index in [4.69, 9.17) is 5.73 Å². The topological polar surface area (TPSA) is 218 Å². The molecule has 6 N–H and O–H groups in total. The molecule has 0 saturated heterocycles. The van der Waals surface area contributed by atoms with Crippen molar-refractivity contribution in [2.75, 3.05) is 11.1 Å². The van der Waals surface area contributed by atoms with E-state index in [9.17, 15) is 43.7 Å². The summed E-state index contributed by atoms with van der Waals surface area (Å²) >= 11 is 0. The van der Waals surface area contributed by atoms with Gasteiger partial charge in [-0.05, 0) is 54.3 Å². The summed E-state index contributed by atoms with van der Waals surface area (Å²) in [5.74, 6) is -0.853. The average molecular weight is 517 g/mol. The third-order valence-electron chi connectivity index (χ3n) is 4.59. The summed E-state index contributed by atoms with van der Waals surface area (Å²) in [4.78, 5) is 9.99. The Labute approximate surface area is 188 Å². The summed E-state index contributed by atoms with van der Waals surface area (Å²) in [6.45, 7) is 1.57. The molecule has 3 aromatic carbocycles. The van der Waals surface area contributed by atoms with Crippen LogP contribution in [-0.4, -0.2) is 44.8 Å². The highest BCUT2D eigenvalue weighted by atomic mass is 32.2. The van der Waals surface area contributed by atoms with Crippen molar-refractivity contribution in [2.45, 2.75) is 21.6 Å². The maximum Gasteiger partial charge on any atom is 0.295 e. The molecule has 0 aliphatic carbocycles. The van der Waals surface area contributed by atoms with E-state index in [0.29, 0.717) is 23.8 Å². The highest BCUT2D eigenvalue weighted by molar-refractivity contribution is 7.87. The Kier molecular flexibility index (Phi) is 5.99. The molecule has 0 spiro atoms. The van der Waals surface area contributed by atoms with Crippen LogP contribution >= 0.6 is 0 Å². The Morgan fingerprint density at radius 2 is 1.36 bits per heavy atom. The van der Waals surface area contributed by atoms with Crippen LogP contribution in [0.3, 0.4) is 0 Å². The Bertz CT molecular complexity index is 1640. The van der Waals surface area contributed by atoms with Crippen molar-refractivity contribution in [1.82, 2.24) is 0 Å². The number of nitrogens with one attached hydrogen (secondary N) is 1. The summed E-state index contributed by atoms with van der Waals surface area (Å²) in [6, 6.07) is 6.91. The maximum atomic E-state index is 12.9. The zero-order valence-electron chi connectivity index (χ0n) is 16.5. The van der Waals surface area contributed by atoms with E-state index in [-0.39, 0.29) is 11.3 Å². The molecule has 3 aromatic rings. The Balaban J connectivity index is 2.42. The molecule has 0 saturated carbocycles. The third-order valence-corrected chi connectivity index (χ3v) is 7.13. The van der Waals surface area contributed by atoms with Crippen LogP contribution in [0.25, 0.3) is 10.8 Å². The number of nitrogen functional groups attached to an aromatic ring is 1. The number of hydrogen-bond acceptors (Lipinski definition) is 8. The van der Waals surface area contributed by atoms with Crippen LogP contribution < -0.4 is 11.1 Å². The van der Waals surface area contributed by atoms with Crippen molar-refractivity contribution < 1.29 is 43.7 Å². The molecule has 0 aromatic heterocycles. The quantitative estimate of drug-likeness (QED) is 0.243. The number of benzene rings is 3. The van der Waals surface area contributed by atoms with E-state index < -0.39 is 67.4 Å². The SMILES string of the molecule is Cc1ccc(N)cc1C(=O)Nc1cc(S(=O)(=O)O)cc2cc(S(=O)(=O)O)cc(S(=O)(=O)O)c12. The number of aryl methyl sites for hydroxylation is 1. The minimum atomic E-state index is -5.16. The molecule has 3 rings (SSSR count). The molecule has 0 unspecified atom stereocenters. The first-order chi connectivity index (χ1) is 15.0. The van der Waals surface area contributed by atoms with Gasteiger partial charge < -0.3 is 11.1 Å². The van der Waals surface area contributed by atoms with Crippen LogP contribution in [0, 0.1) is 6.92 Å². The van der Waals surface area contributed by atoms with Gasteiger partial charge in [0, 0.05) is 16.6 Å². The normalized spacial score (nSPS) is 12.6. The molecule has 0 atom stereocenters. The minimum absolute atomic E-state index is 0.0448.